The van der Waals surface area contributed by atoms with Crippen molar-refractivity contribution in [2.45, 2.75) is 0 Å². The van der Waals surface area contributed by atoms with Gasteiger partial charge in [0, 0.05) is 49.4 Å². The van der Waals surface area contributed by atoms with Crippen molar-refractivity contribution < 1.29 is 4.11 Å². The summed E-state index contributed by atoms with van der Waals surface area (Å²) in [4.78, 5) is 0. The van der Waals surface area contributed by atoms with Gasteiger partial charge >= 0.3 is 0 Å². The molecular weight excluding hydrogens is 1010 g/mol. The average molecular weight is 1060 g/mol. The Kier molecular flexibility index (Phi) is 10.5. The Labute approximate surface area is 481 Å². The Balaban J connectivity index is 0.985. The molecule has 0 aliphatic carbocycles. The molecule has 384 valence electrons. The second-order valence-electron chi connectivity index (χ2n) is 21.3. The Morgan fingerprint density at radius 2 is 0.585 bits per heavy atom. The lowest BCUT2D eigenvalue weighted by Gasteiger charge is -2.35. The van der Waals surface area contributed by atoms with Gasteiger partial charge in [-0.2, -0.15) is 0 Å². The lowest BCUT2D eigenvalue weighted by Crippen LogP contribution is -2.74. The molecule has 0 saturated heterocycles. The molecule has 0 saturated carbocycles. The molecule has 13 aromatic carbocycles. The van der Waals surface area contributed by atoms with Gasteiger partial charge in [0.15, 0.2) is 8.07 Å². The van der Waals surface area contributed by atoms with Crippen LogP contribution in [0.25, 0.3) is 116 Å². The molecule has 0 spiro atoms. The number of hydrogen-bond donors (Lipinski definition) is 0. The summed E-state index contributed by atoms with van der Waals surface area (Å²) in [6.45, 7) is 0. The van der Waals surface area contributed by atoms with E-state index in [-0.39, 0.29) is 18.1 Å². The van der Waals surface area contributed by atoms with Crippen molar-refractivity contribution >= 4 is 94.2 Å². The van der Waals surface area contributed by atoms with E-state index in [1.165, 1.54) is 31.9 Å². The Hall–Kier alpha value is -10.5. The summed E-state index contributed by atoms with van der Waals surface area (Å²) in [6, 6.07) is 109. The smallest absolute Gasteiger partial charge is 0.179 e. The number of aromatic nitrogens is 3. The van der Waals surface area contributed by atoms with E-state index >= 15 is 0 Å². The fraction of sp³-hybridized carbons (Fsp3) is 0. The first-order chi connectivity index (χ1) is 42.0. The van der Waals surface area contributed by atoms with Gasteiger partial charge in [-0.15, -0.1) is 0 Å². The molecule has 0 atom stereocenters. The summed E-state index contributed by atoms with van der Waals surface area (Å²) in [7, 11) is -3.08. The van der Waals surface area contributed by atoms with E-state index in [0.717, 1.165) is 87.8 Å². The fourth-order valence-electron chi connectivity index (χ4n) is 13.2. The zero-order valence-corrected chi connectivity index (χ0v) is 45.7. The lowest BCUT2D eigenvalue weighted by atomic mass is 10.0. The van der Waals surface area contributed by atoms with E-state index in [2.05, 4.69) is 256 Å². The summed E-state index contributed by atoms with van der Waals surface area (Å²) in [5, 5.41) is 11.5. The highest BCUT2D eigenvalue weighted by atomic mass is 28.3. The molecule has 4 heteroatoms. The van der Waals surface area contributed by atoms with Gasteiger partial charge in [0.05, 0.1) is 37.2 Å². The van der Waals surface area contributed by atoms with Crippen LogP contribution in [0.4, 0.5) is 0 Å². The summed E-state index contributed by atoms with van der Waals surface area (Å²) < 4.78 is 37.7. The SMILES string of the molecule is [2H]c1c(-c2ccccc2)c([2H])c(-n2c3ccccc3c3ccc(-n4c5ccc(-c6ccccc6)cc5c5cc([Si](c6ccccc6)(c6ccccc6)c6cccc(-c7ccccc7)c6)ccc54)cc32)c([2H])c1-n1c2ccccc2c2ccccc21. The largest absolute Gasteiger partial charge is 0.309 e. The highest BCUT2D eigenvalue weighted by Gasteiger charge is 2.42. The topological polar surface area (TPSA) is 14.8 Å². The molecule has 3 aromatic heterocycles. The van der Waals surface area contributed by atoms with Crippen LogP contribution in [0.1, 0.15) is 4.11 Å². The van der Waals surface area contributed by atoms with Crippen LogP contribution in [0.2, 0.25) is 0 Å². The summed E-state index contributed by atoms with van der Waals surface area (Å²) in [5.41, 5.74) is 13.3. The van der Waals surface area contributed by atoms with Crippen molar-refractivity contribution in [3.8, 4) is 50.4 Å². The van der Waals surface area contributed by atoms with Gasteiger partial charge in [0.2, 0.25) is 0 Å². The van der Waals surface area contributed by atoms with E-state index in [4.69, 9.17) is 0 Å². The number of nitrogens with zero attached hydrogens (tertiary/aromatic N) is 3. The van der Waals surface area contributed by atoms with Crippen LogP contribution < -0.4 is 20.7 Å². The number of rotatable bonds is 10. The molecule has 0 amide bonds. The van der Waals surface area contributed by atoms with Crippen LogP contribution >= 0.6 is 0 Å². The van der Waals surface area contributed by atoms with Crippen molar-refractivity contribution in [3.63, 3.8) is 0 Å². The molecule has 3 heterocycles. The van der Waals surface area contributed by atoms with E-state index in [1.54, 1.807) is 0 Å². The van der Waals surface area contributed by atoms with Crippen LogP contribution in [0.5, 0.6) is 0 Å². The molecule has 16 rings (SSSR count). The fourth-order valence-corrected chi connectivity index (χ4v) is 18.0. The van der Waals surface area contributed by atoms with Gasteiger partial charge in [0.25, 0.3) is 0 Å². The molecule has 16 aromatic rings. The highest BCUT2D eigenvalue weighted by Crippen LogP contribution is 2.41. The van der Waals surface area contributed by atoms with Crippen molar-refractivity contribution in [1.29, 1.82) is 0 Å². The van der Waals surface area contributed by atoms with Crippen LogP contribution in [-0.4, -0.2) is 21.8 Å². The first kappa shape index (κ1) is 44.3. The summed E-state index contributed by atoms with van der Waals surface area (Å²) >= 11 is 0. The van der Waals surface area contributed by atoms with Crippen LogP contribution in [0, 0.1) is 0 Å². The quantitative estimate of drug-likeness (QED) is 0.0958. The predicted octanol–water partition coefficient (Wildman–Crippen LogP) is 17.4. The summed E-state index contributed by atoms with van der Waals surface area (Å²) in [5.74, 6) is 0. The van der Waals surface area contributed by atoms with Gasteiger partial charge in [-0.25, -0.2) is 0 Å². The van der Waals surface area contributed by atoms with Crippen LogP contribution in [0.3, 0.4) is 0 Å². The van der Waals surface area contributed by atoms with Crippen molar-refractivity contribution in [1.82, 2.24) is 13.7 Å². The summed E-state index contributed by atoms with van der Waals surface area (Å²) in [6.07, 6.45) is 0. The minimum absolute atomic E-state index is 0.103. The van der Waals surface area contributed by atoms with Gasteiger partial charge < -0.3 is 13.7 Å². The minimum Gasteiger partial charge on any atom is -0.309 e. The maximum Gasteiger partial charge on any atom is 0.179 e. The maximum atomic E-state index is 10.6. The molecule has 0 fully saturated rings. The molecule has 82 heavy (non-hydrogen) atoms. The Morgan fingerprint density at radius 1 is 0.207 bits per heavy atom. The first-order valence-corrected chi connectivity index (χ1v) is 30.1. The van der Waals surface area contributed by atoms with Crippen molar-refractivity contribution in [2.24, 2.45) is 0 Å². The number of benzene rings is 13. The third-order valence-electron chi connectivity index (χ3n) is 16.9. The number of fused-ring (bicyclic) bond motifs is 9. The van der Waals surface area contributed by atoms with Gasteiger partial charge in [0.1, 0.15) is 0 Å². The number of hydrogen-bond acceptors (Lipinski definition) is 0. The minimum atomic E-state index is -3.08. The van der Waals surface area contributed by atoms with E-state index in [1.807, 2.05) is 60.7 Å². The third-order valence-corrected chi connectivity index (χ3v) is 21.6. The van der Waals surface area contributed by atoms with Gasteiger partial charge in [-0.1, -0.05) is 255 Å². The molecule has 0 aliphatic heterocycles. The van der Waals surface area contributed by atoms with E-state index in [9.17, 15) is 4.11 Å². The standard InChI is InChI=1S/C78H53N3Si/c1-6-23-54(24-7-1)57-29-22-34-65(49-57)82(63-30-12-4-13-31-63,64-32-14-5-15-33-64)66-43-46-77-72(53-66)71-50-58(55-25-8-2-9-26-55)41-45-76(71)79(77)60-42-44-70-69-37-18-21-40-75(69)81(78(70)52-60)62-48-59(56-27-10-3-11-28-56)47-61(51-62)80-73-38-19-16-35-67(73)68-36-17-20-39-74(68)80/h1-53H/i47D,48D,51D. The Bertz CT molecular complexity index is 5170. The monoisotopic (exact) mass is 1060 g/mol. The molecular formula is C78H53N3Si. The average Bonchev–Trinajstić information content (AvgIpc) is 2.14. The zero-order valence-electron chi connectivity index (χ0n) is 47.7. The van der Waals surface area contributed by atoms with Crippen LogP contribution in [0.15, 0.2) is 321 Å². The van der Waals surface area contributed by atoms with E-state index in [0.29, 0.717) is 16.9 Å². The maximum absolute atomic E-state index is 10.6. The van der Waals surface area contributed by atoms with Crippen LogP contribution in [-0.2, 0) is 0 Å². The Morgan fingerprint density at radius 3 is 1.13 bits per heavy atom. The molecule has 3 nitrogen and oxygen atoms in total. The van der Waals surface area contributed by atoms with E-state index < -0.39 is 8.07 Å². The van der Waals surface area contributed by atoms with Crippen molar-refractivity contribution in [2.75, 3.05) is 0 Å². The highest BCUT2D eigenvalue weighted by molar-refractivity contribution is 7.20. The zero-order chi connectivity index (χ0) is 56.8. The second-order valence-corrected chi connectivity index (χ2v) is 25.1. The molecule has 0 unspecified atom stereocenters. The second kappa shape index (κ2) is 19.4. The van der Waals surface area contributed by atoms with Gasteiger partial charge in [-0.05, 0) is 121 Å². The molecule has 0 aliphatic rings. The molecule has 0 bridgehead atoms. The first-order valence-electron chi connectivity index (χ1n) is 29.6. The molecule has 0 radical (unpaired) electrons. The predicted molar refractivity (Wildman–Crippen MR) is 349 cm³/mol. The number of para-hydroxylation sites is 3. The molecule has 0 N–H and O–H groups in total. The van der Waals surface area contributed by atoms with Crippen molar-refractivity contribution in [3.05, 3.63) is 321 Å². The van der Waals surface area contributed by atoms with Gasteiger partial charge in [-0.3, -0.25) is 0 Å². The lowest BCUT2D eigenvalue weighted by molar-refractivity contribution is 1.13. The third kappa shape index (κ3) is 7.57. The normalized spacial score (nSPS) is 12.4.